The van der Waals surface area contributed by atoms with Crippen LogP contribution in [0.4, 0.5) is 5.82 Å². The highest BCUT2D eigenvalue weighted by atomic mass is 16.5. The second kappa shape index (κ2) is 5.21. The third kappa shape index (κ3) is 3.05. The van der Waals surface area contributed by atoms with Gasteiger partial charge in [0.1, 0.15) is 11.6 Å². The fourth-order valence-electron chi connectivity index (χ4n) is 1.04. The number of hydrogen-bond acceptors (Lipinski definition) is 4. The van der Waals surface area contributed by atoms with Crippen molar-refractivity contribution in [2.75, 3.05) is 19.0 Å². The standard InChI is InChI=1S/C10H15N3O/c1-4-5-6-11-9-7-10(14-3)13-8(2)12-9/h4,7H,1,5-6H2,2-3H3,(H,11,12,13). The highest BCUT2D eigenvalue weighted by Crippen LogP contribution is 2.12. The zero-order valence-electron chi connectivity index (χ0n) is 8.58. The second-order valence-electron chi connectivity index (χ2n) is 2.85. The van der Waals surface area contributed by atoms with Gasteiger partial charge in [0, 0.05) is 12.6 Å². The fraction of sp³-hybridized carbons (Fsp3) is 0.400. The number of anilines is 1. The van der Waals surface area contributed by atoms with Gasteiger partial charge in [-0.1, -0.05) is 6.08 Å². The van der Waals surface area contributed by atoms with E-state index in [9.17, 15) is 0 Å². The summed E-state index contributed by atoms with van der Waals surface area (Å²) in [6, 6.07) is 1.77. The van der Waals surface area contributed by atoms with Crippen LogP contribution in [0.15, 0.2) is 18.7 Å². The number of aryl methyl sites for hydroxylation is 1. The van der Waals surface area contributed by atoms with Gasteiger partial charge in [0.25, 0.3) is 0 Å². The minimum atomic E-state index is 0.582. The van der Waals surface area contributed by atoms with Crippen molar-refractivity contribution in [3.8, 4) is 5.88 Å². The molecule has 0 fully saturated rings. The summed E-state index contributed by atoms with van der Waals surface area (Å²) in [5, 5.41) is 3.16. The van der Waals surface area contributed by atoms with E-state index in [4.69, 9.17) is 4.74 Å². The zero-order chi connectivity index (χ0) is 10.4. The quantitative estimate of drug-likeness (QED) is 0.572. The summed E-state index contributed by atoms with van der Waals surface area (Å²) in [6.45, 7) is 6.30. The van der Waals surface area contributed by atoms with E-state index in [1.807, 2.05) is 13.0 Å². The van der Waals surface area contributed by atoms with E-state index >= 15 is 0 Å². The number of rotatable bonds is 5. The molecule has 4 heteroatoms. The molecule has 0 bridgehead atoms. The normalized spacial score (nSPS) is 9.57. The number of methoxy groups -OCH3 is 1. The number of nitrogens with zero attached hydrogens (tertiary/aromatic N) is 2. The monoisotopic (exact) mass is 193 g/mol. The molecular formula is C10H15N3O. The molecule has 76 valence electrons. The Morgan fingerprint density at radius 2 is 2.36 bits per heavy atom. The van der Waals surface area contributed by atoms with Crippen LogP contribution in [0.3, 0.4) is 0 Å². The fourth-order valence-corrected chi connectivity index (χ4v) is 1.04. The highest BCUT2D eigenvalue weighted by Gasteiger charge is 2.00. The summed E-state index contributed by atoms with van der Waals surface area (Å²) in [5.74, 6) is 2.07. The first-order chi connectivity index (χ1) is 6.76. The van der Waals surface area contributed by atoms with Crippen LogP contribution >= 0.6 is 0 Å². The van der Waals surface area contributed by atoms with Crippen LogP contribution < -0.4 is 10.1 Å². The van der Waals surface area contributed by atoms with E-state index in [0.29, 0.717) is 11.7 Å². The number of ether oxygens (including phenoxy) is 1. The predicted octanol–water partition coefficient (Wildman–Crippen LogP) is 1.78. The molecule has 0 aliphatic rings. The van der Waals surface area contributed by atoms with E-state index < -0.39 is 0 Å². The maximum Gasteiger partial charge on any atom is 0.218 e. The third-order valence-electron chi connectivity index (χ3n) is 1.68. The summed E-state index contributed by atoms with van der Waals surface area (Å²) < 4.78 is 5.03. The minimum Gasteiger partial charge on any atom is -0.481 e. The lowest BCUT2D eigenvalue weighted by atomic mass is 10.4. The third-order valence-corrected chi connectivity index (χ3v) is 1.68. The summed E-state index contributed by atoms with van der Waals surface area (Å²) in [6.07, 6.45) is 2.77. The van der Waals surface area contributed by atoms with E-state index in [1.54, 1.807) is 13.2 Å². The average molecular weight is 193 g/mol. The van der Waals surface area contributed by atoms with Gasteiger partial charge in [0.05, 0.1) is 7.11 Å². The number of aromatic nitrogens is 2. The van der Waals surface area contributed by atoms with Crippen LogP contribution in [0.25, 0.3) is 0 Å². The van der Waals surface area contributed by atoms with Crippen LogP contribution in [0, 0.1) is 6.92 Å². The van der Waals surface area contributed by atoms with E-state index in [1.165, 1.54) is 0 Å². The molecule has 14 heavy (non-hydrogen) atoms. The Hall–Kier alpha value is -1.58. The number of nitrogens with one attached hydrogen (secondary N) is 1. The first-order valence-corrected chi connectivity index (χ1v) is 4.50. The summed E-state index contributed by atoms with van der Waals surface area (Å²) >= 11 is 0. The Balaban J connectivity index is 2.66. The van der Waals surface area contributed by atoms with Gasteiger partial charge in [-0.25, -0.2) is 4.98 Å². The summed E-state index contributed by atoms with van der Waals surface area (Å²) in [5.41, 5.74) is 0. The molecule has 0 aromatic carbocycles. The molecule has 1 aromatic rings. The first kappa shape index (κ1) is 10.5. The predicted molar refractivity (Wildman–Crippen MR) is 56.6 cm³/mol. The van der Waals surface area contributed by atoms with Gasteiger partial charge >= 0.3 is 0 Å². The molecule has 0 saturated heterocycles. The molecule has 0 aliphatic heterocycles. The molecule has 1 N–H and O–H groups in total. The van der Waals surface area contributed by atoms with E-state index in [0.717, 1.165) is 18.8 Å². The van der Waals surface area contributed by atoms with Crippen molar-refractivity contribution in [2.24, 2.45) is 0 Å². The molecule has 0 aliphatic carbocycles. The van der Waals surface area contributed by atoms with Gasteiger partial charge in [-0.3, -0.25) is 0 Å². The zero-order valence-corrected chi connectivity index (χ0v) is 8.58. The second-order valence-corrected chi connectivity index (χ2v) is 2.85. The van der Waals surface area contributed by atoms with Crippen LogP contribution in [0.1, 0.15) is 12.2 Å². The smallest absolute Gasteiger partial charge is 0.218 e. The van der Waals surface area contributed by atoms with Crippen molar-refractivity contribution in [3.63, 3.8) is 0 Å². The molecule has 0 radical (unpaired) electrons. The van der Waals surface area contributed by atoms with Crippen molar-refractivity contribution < 1.29 is 4.74 Å². The molecule has 0 amide bonds. The molecular weight excluding hydrogens is 178 g/mol. The molecule has 4 nitrogen and oxygen atoms in total. The van der Waals surface area contributed by atoms with Crippen LogP contribution in [-0.4, -0.2) is 23.6 Å². The van der Waals surface area contributed by atoms with Crippen molar-refractivity contribution in [1.82, 2.24) is 9.97 Å². The topological polar surface area (TPSA) is 47.0 Å². The Labute approximate surface area is 84.0 Å². The molecule has 0 unspecified atom stereocenters. The van der Waals surface area contributed by atoms with Gasteiger partial charge in [0.2, 0.25) is 5.88 Å². The maximum atomic E-state index is 5.03. The highest BCUT2D eigenvalue weighted by molar-refractivity contribution is 5.38. The van der Waals surface area contributed by atoms with Crippen LogP contribution in [-0.2, 0) is 0 Å². The minimum absolute atomic E-state index is 0.582. The first-order valence-electron chi connectivity index (χ1n) is 4.50. The lowest BCUT2D eigenvalue weighted by Crippen LogP contribution is -2.04. The number of hydrogen-bond donors (Lipinski definition) is 1. The van der Waals surface area contributed by atoms with Gasteiger partial charge in [0.15, 0.2) is 0 Å². The molecule has 1 aromatic heterocycles. The molecule has 0 saturated carbocycles. The van der Waals surface area contributed by atoms with Gasteiger partial charge < -0.3 is 10.1 Å². The summed E-state index contributed by atoms with van der Waals surface area (Å²) in [7, 11) is 1.59. The Morgan fingerprint density at radius 3 is 3.00 bits per heavy atom. The van der Waals surface area contributed by atoms with Crippen LogP contribution in [0.2, 0.25) is 0 Å². The van der Waals surface area contributed by atoms with E-state index in [2.05, 4.69) is 21.9 Å². The lowest BCUT2D eigenvalue weighted by Gasteiger charge is -2.06. The molecule has 1 heterocycles. The van der Waals surface area contributed by atoms with Crippen molar-refractivity contribution >= 4 is 5.82 Å². The summed E-state index contributed by atoms with van der Waals surface area (Å²) in [4.78, 5) is 8.30. The van der Waals surface area contributed by atoms with Gasteiger partial charge in [-0.15, -0.1) is 6.58 Å². The van der Waals surface area contributed by atoms with Crippen LogP contribution in [0.5, 0.6) is 5.88 Å². The van der Waals surface area contributed by atoms with Crippen molar-refractivity contribution in [2.45, 2.75) is 13.3 Å². The lowest BCUT2D eigenvalue weighted by molar-refractivity contribution is 0.396. The molecule has 1 rings (SSSR count). The SMILES string of the molecule is C=CCCNc1cc(OC)nc(C)n1. The van der Waals surface area contributed by atoms with Gasteiger partial charge in [-0.2, -0.15) is 4.98 Å². The van der Waals surface area contributed by atoms with Crippen molar-refractivity contribution in [1.29, 1.82) is 0 Å². The van der Waals surface area contributed by atoms with Crippen molar-refractivity contribution in [3.05, 3.63) is 24.5 Å². The van der Waals surface area contributed by atoms with E-state index in [-0.39, 0.29) is 0 Å². The largest absolute Gasteiger partial charge is 0.481 e. The maximum absolute atomic E-state index is 5.03. The Bertz CT molecular complexity index is 312. The Morgan fingerprint density at radius 1 is 1.57 bits per heavy atom. The Kier molecular flexibility index (Phi) is 3.91. The molecule has 0 spiro atoms. The average Bonchev–Trinajstić information content (AvgIpc) is 2.17. The molecule has 0 atom stereocenters. The van der Waals surface area contributed by atoms with Gasteiger partial charge in [-0.05, 0) is 13.3 Å².